The summed E-state index contributed by atoms with van der Waals surface area (Å²) < 4.78 is 0. The van der Waals surface area contributed by atoms with E-state index in [-0.39, 0.29) is 0 Å². The Kier molecular flexibility index (Phi) is 8.59. The van der Waals surface area contributed by atoms with Gasteiger partial charge >= 0.3 is 0 Å². The zero-order valence-corrected chi connectivity index (χ0v) is 22.7. The van der Waals surface area contributed by atoms with Gasteiger partial charge in [-0.2, -0.15) is 0 Å². The summed E-state index contributed by atoms with van der Waals surface area (Å²) in [5.41, 5.74) is 36.0. The molecule has 0 unspecified atom stereocenters. The first-order valence-corrected chi connectivity index (χ1v) is 13.9. The van der Waals surface area contributed by atoms with Gasteiger partial charge in [-0.25, -0.2) is 0 Å². The highest BCUT2D eigenvalue weighted by molar-refractivity contribution is 5.85. The maximum Gasteiger partial charge on any atom is 0.0373 e. The molecule has 0 amide bonds. The van der Waals surface area contributed by atoms with Crippen molar-refractivity contribution in [3.8, 4) is 33.4 Å². The molecule has 0 saturated heterocycles. The Morgan fingerprint density at radius 1 is 0.462 bits per heavy atom. The Morgan fingerprint density at radius 3 is 1.23 bits per heavy atom. The van der Waals surface area contributed by atoms with Crippen molar-refractivity contribution in [1.82, 2.24) is 0 Å². The smallest absolute Gasteiger partial charge is 0.0373 e. The van der Waals surface area contributed by atoms with Crippen molar-refractivity contribution in [2.75, 3.05) is 62.2 Å². The molecule has 39 heavy (non-hydrogen) atoms. The van der Waals surface area contributed by atoms with Crippen LogP contribution in [-0.2, 0) is 6.42 Å². The van der Waals surface area contributed by atoms with E-state index in [1.54, 1.807) is 0 Å². The number of fused-ring (bicyclic) bond motifs is 3. The summed E-state index contributed by atoms with van der Waals surface area (Å²) in [6, 6.07) is 31.1. The van der Waals surface area contributed by atoms with Crippen LogP contribution in [0.4, 0.5) is 11.4 Å². The van der Waals surface area contributed by atoms with Gasteiger partial charge in [-0.05, 0) is 87.3 Å². The van der Waals surface area contributed by atoms with Crippen molar-refractivity contribution in [2.24, 2.45) is 22.9 Å². The van der Waals surface area contributed by atoms with Gasteiger partial charge in [-0.15, -0.1) is 0 Å². The van der Waals surface area contributed by atoms with E-state index in [1.165, 1.54) is 44.5 Å². The first-order chi connectivity index (χ1) is 19.1. The molecule has 4 aromatic rings. The molecule has 1 aliphatic rings. The molecular weight excluding hydrogens is 480 g/mol. The van der Waals surface area contributed by atoms with Crippen molar-refractivity contribution >= 4 is 11.4 Å². The number of nitrogens with two attached hydrogens (primary N) is 4. The van der Waals surface area contributed by atoms with Gasteiger partial charge in [0.2, 0.25) is 0 Å². The third kappa shape index (κ3) is 5.84. The molecule has 0 aromatic heterocycles. The fourth-order valence-electron chi connectivity index (χ4n) is 5.65. The first kappa shape index (κ1) is 26.9. The summed E-state index contributed by atoms with van der Waals surface area (Å²) in [6.07, 6.45) is 0.965. The third-order valence-electron chi connectivity index (χ3n) is 7.58. The monoisotopic (exact) mass is 520 g/mol. The highest BCUT2D eigenvalue weighted by atomic mass is 15.1. The van der Waals surface area contributed by atoms with Crippen LogP contribution in [0.25, 0.3) is 33.4 Å². The lowest BCUT2D eigenvalue weighted by molar-refractivity contribution is 0.782. The molecule has 0 radical (unpaired) electrons. The lowest BCUT2D eigenvalue weighted by Crippen LogP contribution is -2.33. The van der Waals surface area contributed by atoms with Crippen LogP contribution < -0.4 is 32.7 Å². The number of anilines is 2. The molecule has 0 bridgehead atoms. The van der Waals surface area contributed by atoms with Gasteiger partial charge in [-0.1, -0.05) is 48.5 Å². The largest absolute Gasteiger partial charge is 0.369 e. The van der Waals surface area contributed by atoms with Crippen molar-refractivity contribution in [3.63, 3.8) is 0 Å². The van der Waals surface area contributed by atoms with Crippen LogP contribution in [0.1, 0.15) is 11.1 Å². The minimum absolute atomic E-state index is 0.600. The second-order valence-electron chi connectivity index (χ2n) is 10.2. The molecule has 6 nitrogen and oxygen atoms in total. The predicted molar refractivity (Wildman–Crippen MR) is 166 cm³/mol. The van der Waals surface area contributed by atoms with Crippen LogP contribution in [-0.4, -0.2) is 52.4 Å². The molecular formula is C33H40N6. The maximum absolute atomic E-state index is 5.86. The van der Waals surface area contributed by atoms with Crippen LogP contribution in [0.5, 0.6) is 0 Å². The highest BCUT2D eigenvalue weighted by Crippen LogP contribution is 2.41. The van der Waals surface area contributed by atoms with E-state index in [0.717, 1.165) is 44.0 Å². The molecule has 0 heterocycles. The fraction of sp³-hybridized carbons (Fsp3) is 0.273. The summed E-state index contributed by atoms with van der Waals surface area (Å²) in [5.74, 6) is 0. The van der Waals surface area contributed by atoms with Crippen molar-refractivity contribution < 1.29 is 0 Å². The Bertz CT molecular complexity index is 1300. The predicted octanol–water partition coefficient (Wildman–Crippen LogP) is 4.04. The Labute approximate surface area is 232 Å². The lowest BCUT2D eigenvalue weighted by Gasteiger charge is -2.24. The summed E-state index contributed by atoms with van der Waals surface area (Å²) in [7, 11) is 0. The van der Waals surface area contributed by atoms with Crippen LogP contribution >= 0.6 is 0 Å². The molecule has 4 aromatic carbocycles. The van der Waals surface area contributed by atoms with Crippen molar-refractivity contribution in [1.29, 1.82) is 0 Å². The Morgan fingerprint density at radius 2 is 0.846 bits per heavy atom. The standard InChI is InChI=1S/C33H40N6/c34-11-15-38(16-12-35)30-5-1-3-24(20-30)26-7-9-28-19-29-10-8-27(23-33(29)32(28)22-26)25-4-2-6-31(21-25)39(17-13-36)18-14-37/h1-10,20-23H,11-19,34-37H2. The van der Waals surface area contributed by atoms with E-state index < -0.39 is 0 Å². The normalized spacial score (nSPS) is 11.8. The second-order valence-corrected chi connectivity index (χ2v) is 10.2. The fourth-order valence-corrected chi connectivity index (χ4v) is 5.65. The van der Waals surface area contributed by atoms with Gasteiger partial charge in [0.15, 0.2) is 0 Å². The summed E-state index contributed by atoms with van der Waals surface area (Å²) in [5, 5.41) is 0. The number of rotatable bonds is 12. The van der Waals surface area contributed by atoms with Crippen molar-refractivity contribution in [2.45, 2.75) is 6.42 Å². The van der Waals surface area contributed by atoms with E-state index >= 15 is 0 Å². The molecule has 5 rings (SSSR count). The van der Waals surface area contributed by atoms with Crippen LogP contribution in [0.3, 0.4) is 0 Å². The van der Waals surface area contributed by atoms with E-state index in [0.29, 0.717) is 26.2 Å². The van der Waals surface area contributed by atoms with E-state index in [9.17, 15) is 0 Å². The van der Waals surface area contributed by atoms with Crippen LogP contribution in [0, 0.1) is 0 Å². The molecule has 0 fully saturated rings. The van der Waals surface area contributed by atoms with Gasteiger partial charge in [0, 0.05) is 63.7 Å². The molecule has 8 N–H and O–H groups in total. The maximum atomic E-state index is 5.86. The molecule has 0 atom stereocenters. The Hall–Kier alpha value is -3.68. The molecule has 1 aliphatic carbocycles. The lowest BCUT2D eigenvalue weighted by atomic mass is 9.96. The zero-order valence-electron chi connectivity index (χ0n) is 22.7. The van der Waals surface area contributed by atoms with E-state index in [1.807, 2.05) is 0 Å². The molecule has 202 valence electrons. The van der Waals surface area contributed by atoms with Crippen LogP contribution in [0.15, 0.2) is 84.9 Å². The second kappa shape index (κ2) is 12.5. The average Bonchev–Trinajstić information content (AvgIpc) is 3.34. The van der Waals surface area contributed by atoms with Gasteiger partial charge in [0.25, 0.3) is 0 Å². The molecule has 0 saturated carbocycles. The number of hydrogen-bond acceptors (Lipinski definition) is 6. The van der Waals surface area contributed by atoms with Crippen molar-refractivity contribution in [3.05, 3.63) is 96.1 Å². The number of nitrogens with zero attached hydrogens (tertiary/aromatic N) is 2. The van der Waals surface area contributed by atoms with Crippen LogP contribution in [0.2, 0.25) is 0 Å². The molecule has 6 heteroatoms. The summed E-state index contributed by atoms with van der Waals surface area (Å²) in [4.78, 5) is 4.52. The van der Waals surface area contributed by atoms with Gasteiger partial charge in [0.05, 0.1) is 0 Å². The minimum atomic E-state index is 0.600. The molecule has 0 aliphatic heterocycles. The van der Waals surface area contributed by atoms with E-state index in [4.69, 9.17) is 22.9 Å². The zero-order chi connectivity index (χ0) is 27.2. The third-order valence-corrected chi connectivity index (χ3v) is 7.58. The topological polar surface area (TPSA) is 111 Å². The SMILES string of the molecule is NCCN(CCN)c1cccc(-c2ccc3c(c2)-c2cc(-c4cccc(N(CCN)CCN)c4)ccc2C3)c1. The Balaban J connectivity index is 1.47. The molecule has 0 spiro atoms. The first-order valence-electron chi connectivity index (χ1n) is 13.9. The van der Waals surface area contributed by atoms with E-state index in [2.05, 4.69) is 94.7 Å². The minimum Gasteiger partial charge on any atom is -0.369 e. The van der Waals surface area contributed by atoms with Gasteiger partial charge in [0.1, 0.15) is 0 Å². The van der Waals surface area contributed by atoms with Gasteiger partial charge in [-0.3, -0.25) is 0 Å². The number of hydrogen-bond donors (Lipinski definition) is 4. The summed E-state index contributed by atoms with van der Waals surface area (Å²) >= 11 is 0. The quantitative estimate of drug-likeness (QED) is 0.198. The highest BCUT2D eigenvalue weighted by Gasteiger charge is 2.20. The summed E-state index contributed by atoms with van der Waals surface area (Å²) in [6.45, 7) is 5.56. The van der Waals surface area contributed by atoms with Gasteiger partial charge < -0.3 is 32.7 Å². The average molecular weight is 521 g/mol. The number of benzene rings is 4.